The number of benzene rings is 2. The molecule has 0 aliphatic carbocycles. The lowest BCUT2D eigenvalue weighted by atomic mass is 10.2. The van der Waals surface area contributed by atoms with Crippen LogP contribution in [-0.2, 0) is 14.3 Å². The molecule has 0 spiro atoms. The Labute approximate surface area is 203 Å². The Bertz CT molecular complexity index is 1110. The van der Waals surface area contributed by atoms with Crippen LogP contribution in [0.1, 0.15) is 13.8 Å². The van der Waals surface area contributed by atoms with Gasteiger partial charge in [-0.15, -0.1) is 0 Å². The topological polar surface area (TPSA) is 76.5 Å². The number of methoxy groups -OCH3 is 1. The Morgan fingerprint density at radius 3 is 2.48 bits per heavy atom. The standard InChI is InChI=1S/C24H26Cl2N4O3/c1-16(2)23(32)29(11-12-33-3)15-22(31)28-24-27-21(17-7-9-18(25)10-8-17)14-30(24)20-6-4-5-19(26)13-20/h4-10,13-14,16H,11-12,15H2,1-3H3,(H,27,28,31). The Morgan fingerprint density at radius 1 is 1.12 bits per heavy atom. The van der Waals surface area contributed by atoms with Crippen molar-refractivity contribution in [1.29, 1.82) is 0 Å². The molecule has 2 aromatic carbocycles. The predicted molar refractivity (Wildman–Crippen MR) is 131 cm³/mol. The van der Waals surface area contributed by atoms with Gasteiger partial charge in [-0.25, -0.2) is 4.98 Å². The average Bonchev–Trinajstić information content (AvgIpc) is 3.20. The molecule has 3 rings (SSSR count). The van der Waals surface area contributed by atoms with Crippen LogP contribution in [0.3, 0.4) is 0 Å². The van der Waals surface area contributed by atoms with Crippen molar-refractivity contribution in [3.8, 4) is 16.9 Å². The van der Waals surface area contributed by atoms with E-state index < -0.39 is 0 Å². The van der Waals surface area contributed by atoms with Crippen LogP contribution < -0.4 is 5.32 Å². The molecule has 1 aromatic heterocycles. The molecule has 1 heterocycles. The van der Waals surface area contributed by atoms with E-state index in [0.29, 0.717) is 34.8 Å². The molecule has 2 amide bonds. The lowest BCUT2D eigenvalue weighted by molar-refractivity contribution is -0.138. The zero-order valence-electron chi connectivity index (χ0n) is 18.7. The maximum absolute atomic E-state index is 12.9. The van der Waals surface area contributed by atoms with Gasteiger partial charge in [0.1, 0.15) is 6.54 Å². The first-order valence-electron chi connectivity index (χ1n) is 10.5. The van der Waals surface area contributed by atoms with Gasteiger partial charge in [0.2, 0.25) is 17.8 Å². The molecule has 0 aliphatic heterocycles. The molecule has 7 nitrogen and oxygen atoms in total. The molecular formula is C24H26Cl2N4O3. The number of aromatic nitrogens is 2. The lowest BCUT2D eigenvalue weighted by Crippen LogP contribution is -2.42. The SMILES string of the molecule is COCCN(CC(=O)Nc1nc(-c2ccc(Cl)cc2)cn1-c1cccc(Cl)c1)C(=O)C(C)C. The third-order valence-electron chi connectivity index (χ3n) is 4.89. The Morgan fingerprint density at radius 2 is 1.85 bits per heavy atom. The summed E-state index contributed by atoms with van der Waals surface area (Å²) < 4.78 is 6.83. The molecule has 3 aromatic rings. The molecule has 0 aliphatic rings. The first kappa shape index (κ1) is 24.8. The van der Waals surface area contributed by atoms with Gasteiger partial charge in [-0.05, 0) is 30.3 Å². The number of anilines is 1. The highest BCUT2D eigenvalue weighted by Gasteiger charge is 2.21. The second kappa shape index (κ2) is 11.3. The number of carbonyl (C=O) groups is 2. The highest BCUT2D eigenvalue weighted by Crippen LogP contribution is 2.26. The summed E-state index contributed by atoms with van der Waals surface area (Å²) in [6.45, 7) is 4.14. The van der Waals surface area contributed by atoms with Crippen LogP contribution in [-0.4, -0.2) is 53.1 Å². The number of nitrogens with zero attached hydrogens (tertiary/aromatic N) is 3. The fraction of sp³-hybridized carbons (Fsp3) is 0.292. The van der Waals surface area contributed by atoms with E-state index in [4.69, 9.17) is 27.9 Å². The van der Waals surface area contributed by atoms with Crippen molar-refractivity contribution in [1.82, 2.24) is 14.5 Å². The molecular weight excluding hydrogens is 463 g/mol. The van der Waals surface area contributed by atoms with Crippen molar-refractivity contribution in [3.05, 3.63) is 64.8 Å². The number of imidazole rings is 1. The molecule has 0 bridgehead atoms. The minimum atomic E-state index is -0.364. The predicted octanol–water partition coefficient (Wildman–Crippen LogP) is 4.92. The van der Waals surface area contributed by atoms with Crippen LogP contribution in [0.2, 0.25) is 10.0 Å². The minimum absolute atomic E-state index is 0.112. The molecule has 1 N–H and O–H groups in total. The lowest BCUT2D eigenvalue weighted by Gasteiger charge is -2.23. The van der Waals surface area contributed by atoms with Crippen LogP contribution >= 0.6 is 23.2 Å². The van der Waals surface area contributed by atoms with E-state index in [2.05, 4.69) is 10.3 Å². The molecule has 174 valence electrons. The molecule has 0 fully saturated rings. The van der Waals surface area contributed by atoms with Crippen LogP contribution in [0.5, 0.6) is 0 Å². The van der Waals surface area contributed by atoms with Crippen molar-refractivity contribution < 1.29 is 14.3 Å². The van der Waals surface area contributed by atoms with Gasteiger partial charge < -0.3 is 9.64 Å². The number of hydrogen-bond donors (Lipinski definition) is 1. The quantitative estimate of drug-likeness (QED) is 0.463. The van der Waals surface area contributed by atoms with Gasteiger partial charge in [-0.3, -0.25) is 19.5 Å². The first-order valence-corrected chi connectivity index (χ1v) is 11.2. The largest absolute Gasteiger partial charge is 0.383 e. The van der Waals surface area contributed by atoms with Gasteiger partial charge in [-0.1, -0.05) is 55.2 Å². The Balaban J connectivity index is 1.90. The summed E-state index contributed by atoms with van der Waals surface area (Å²) in [4.78, 5) is 31.5. The van der Waals surface area contributed by atoms with Crippen molar-refractivity contribution in [3.63, 3.8) is 0 Å². The monoisotopic (exact) mass is 488 g/mol. The van der Waals surface area contributed by atoms with E-state index in [9.17, 15) is 9.59 Å². The van der Waals surface area contributed by atoms with Crippen molar-refractivity contribution >= 4 is 41.0 Å². The van der Waals surface area contributed by atoms with Crippen molar-refractivity contribution in [2.75, 3.05) is 32.1 Å². The number of nitrogens with one attached hydrogen (secondary N) is 1. The van der Waals surface area contributed by atoms with E-state index in [1.165, 1.54) is 4.90 Å². The third kappa shape index (κ3) is 6.57. The van der Waals surface area contributed by atoms with Gasteiger partial charge in [0.25, 0.3) is 0 Å². The molecule has 9 heteroatoms. The van der Waals surface area contributed by atoms with Crippen LogP contribution in [0.4, 0.5) is 5.95 Å². The van der Waals surface area contributed by atoms with Crippen molar-refractivity contribution in [2.24, 2.45) is 5.92 Å². The summed E-state index contributed by atoms with van der Waals surface area (Å²) in [5.74, 6) is -0.408. The summed E-state index contributed by atoms with van der Waals surface area (Å²) in [7, 11) is 1.55. The number of halogens is 2. The molecule has 0 unspecified atom stereocenters. The van der Waals surface area contributed by atoms with E-state index in [0.717, 1.165) is 11.3 Å². The fourth-order valence-electron chi connectivity index (χ4n) is 3.22. The van der Waals surface area contributed by atoms with Gasteiger partial charge in [0.05, 0.1) is 12.3 Å². The maximum atomic E-state index is 12.9. The first-order chi connectivity index (χ1) is 15.8. The average molecular weight is 489 g/mol. The van der Waals surface area contributed by atoms with Crippen LogP contribution in [0.25, 0.3) is 16.9 Å². The summed E-state index contributed by atoms with van der Waals surface area (Å²) in [6.07, 6.45) is 1.81. The third-order valence-corrected chi connectivity index (χ3v) is 5.38. The fourth-order valence-corrected chi connectivity index (χ4v) is 3.53. The number of amides is 2. The van der Waals surface area contributed by atoms with E-state index in [1.807, 2.05) is 30.5 Å². The van der Waals surface area contributed by atoms with Gasteiger partial charge in [-0.2, -0.15) is 0 Å². The van der Waals surface area contributed by atoms with Crippen LogP contribution in [0, 0.1) is 5.92 Å². The molecule has 33 heavy (non-hydrogen) atoms. The zero-order valence-corrected chi connectivity index (χ0v) is 20.2. The highest BCUT2D eigenvalue weighted by molar-refractivity contribution is 6.31. The van der Waals surface area contributed by atoms with E-state index in [1.54, 1.807) is 49.8 Å². The summed E-state index contributed by atoms with van der Waals surface area (Å²) >= 11 is 12.2. The normalized spacial score (nSPS) is 11.0. The van der Waals surface area contributed by atoms with E-state index in [-0.39, 0.29) is 24.3 Å². The second-order valence-corrected chi connectivity index (χ2v) is 8.63. The van der Waals surface area contributed by atoms with Gasteiger partial charge in [0.15, 0.2) is 0 Å². The molecule has 0 atom stereocenters. The van der Waals surface area contributed by atoms with Gasteiger partial charge >= 0.3 is 0 Å². The Kier molecular flexibility index (Phi) is 8.49. The zero-order chi connectivity index (χ0) is 24.0. The number of rotatable bonds is 9. The summed E-state index contributed by atoms with van der Waals surface area (Å²) in [6, 6.07) is 14.5. The summed E-state index contributed by atoms with van der Waals surface area (Å²) in [5, 5.41) is 4.01. The molecule has 0 saturated carbocycles. The highest BCUT2D eigenvalue weighted by atomic mass is 35.5. The number of carbonyl (C=O) groups excluding carboxylic acids is 2. The van der Waals surface area contributed by atoms with Gasteiger partial charge in [0, 0.05) is 47.1 Å². The molecule has 0 saturated heterocycles. The number of ether oxygens (including phenoxy) is 1. The molecule has 0 radical (unpaired) electrons. The number of hydrogen-bond acceptors (Lipinski definition) is 4. The Hall–Kier alpha value is -2.87. The smallest absolute Gasteiger partial charge is 0.246 e. The van der Waals surface area contributed by atoms with Crippen molar-refractivity contribution in [2.45, 2.75) is 13.8 Å². The maximum Gasteiger partial charge on any atom is 0.246 e. The van der Waals surface area contributed by atoms with Crippen LogP contribution in [0.15, 0.2) is 54.7 Å². The minimum Gasteiger partial charge on any atom is -0.383 e. The van der Waals surface area contributed by atoms with E-state index >= 15 is 0 Å². The second-order valence-electron chi connectivity index (χ2n) is 7.76. The summed E-state index contributed by atoms with van der Waals surface area (Å²) in [5.41, 5.74) is 2.23.